The van der Waals surface area contributed by atoms with Gasteiger partial charge >= 0.3 is 0 Å². The summed E-state index contributed by atoms with van der Waals surface area (Å²) in [7, 11) is 0. The van der Waals surface area contributed by atoms with Gasteiger partial charge in [-0.1, -0.05) is 171 Å². The van der Waals surface area contributed by atoms with Crippen LogP contribution in [0.25, 0.3) is 94.2 Å². The van der Waals surface area contributed by atoms with Crippen molar-refractivity contribution in [2.75, 3.05) is 0 Å². The van der Waals surface area contributed by atoms with Gasteiger partial charge in [-0.3, -0.25) is 0 Å². The maximum Gasteiger partial charge on any atom is 0.141 e. The van der Waals surface area contributed by atoms with Crippen LogP contribution in [0.4, 0.5) is 0 Å². The summed E-state index contributed by atoms with van der Waals surface area (Å²) in [4.78, 5) is 5.20. The lowest BCUT2D eigenvalue weighted by Crippen LogP contribution is -2.16. The van der Waals surface area contributed by atoms with Crippen molar-refractivity contribution in [2.24, 2.45) is 5.92 Å². The minimum absolute atomic E-state index is 0.201. The minimum Gasteiger partial charge on any atom is -0.316 e. The maximum atomic E-state index is 5.20. The molecule has 2 nitrogen and oxygen atoms in total. The quantitative estimate of drug-likeness (QED) is 0.162. The second-order valence-electron chi connectivity index (χ2n) is 15.5. The third-order valence-electron chi connectivity index (χ3n) is 12.1. The Labute approximate surface area is 327 Å². The lowest BCUT2D eigenvalue weighted by molar-refractivity contribution is 0.500. The van der Waals surface area contributed by atoms with Crippen molar-refractivity contribution in [2.45, 2.75) is 25.8 Å². The van der Waals surface area contributed by atoms with Crippen molar-refractivity contribution >= 4 is 49.4 Å². The predicted octanol–water partition coefficient (Wildman–Crippen LogP) is 14.4. The van der Waals surface area contributed by atoms with Gasteiger partial charge in [0.15, 0.2) is 0 Å². The highest BCUT2D eigenvalue weighted by Crippen LogP contribution is 2.46. The molecule has 1 aromatic heterocycles. The zero-order valence-corrected chi connectivity index (χ0v) is 31.4. The largest absolute Gasteiger partial charge is 0.316 e. The third-order valence-corrected chi connectivity index (χ3v) is 12.1. The van der Waals surface area contributed by atoms with Crippen molar-refractivity contribution < 1.29 is 0 Å². The van der Waals surface area contributed by atoms with Crippen LogP contribution in [0.1, 0.15) is 30.5 Å². The average Bonchev–Trinajstić information content (AvgIpc) is 3.64. The molecule has 8 aromatic carbocycles. The topological polar surface area (TPSA) is 17.8 Å². The van der Waals surface area contributed by atoms with Gasteiger partial charge in [-0.25, -0.2) is 4.98 Å². The second-order valence-corrected chi connectivity index (χ2v) is 15.5. The molecule has 0 bridgehead atoms. The third kappa shape index (κ3) is 5.36. The van der Waals surface area contributed by atoms with Gasteiger partial charge in [0.2, 0.25) is 0 Å². The van der Waals surface area contributed by atoms with E-state index in [4.69, 9.17) is 4.98 Å². The molecule has 0 aliphatic heterocycles. The van der Waals surface area contributed by atoms with Crippen molar-refractivity contribution in [3.8, 4) is 44.8 Å². The molecule has 2 unspecified atom stereocenters. The van der Waals surface area contributed by atoms with E-state index < -0.39 is 0 Å². The van der Waals surface area contributed by atoms with E-state index in [1.54, 1.807) is 0 Å². The number of aryl methyl sites for hydroxylation is 1. The first-order chi connectivity index (χ1) is 27.7. The van der Waals surface area contributed by atoms with E-state index in [1.807, 2.05) is 0 Å². The van der Waals surface area contributed by atoms with E-state index in [2.05, 4.69) is 200 Å². The standard InChI is InChI=1S/C54H40N2/c1-35-12-2-10-20-50(35)56-51-21-11-9-19-49(51)55-54(56)39-26-22-38(23-27-39)42-30-31-47-48(34-42)53(44-29-25-37-14-4-6-16-41(37)33-44)46-18-8-7-17-45(46)52(47)43-28-24-36-13-3-5-15-40(36)32-43/h2-4,6-14,16-35,50H,5,15H2,1H3. The highest BCUT2D eigenvalue weighted by atomic mass is 15.1. The van der Waals surface area contributed by atoms with Crippen molar-refractivity contribution in [3.63, 3.8) is 0 Å². The molecule has 0 saturated carbocycles. The summed E-state index contributed by atoms with van der Waals surface area (Å²) in [6, 6.07) is 56.6. The van der Waals surface area contributed by atoms with E-state index in [0.717, 1.165) is 35.3 Å². The Hall–Kier alpha value is -6.77. The number of hydrogen-bond donors (Lipinski definition) is 0. The van der Waals surface area contributed by atoms with Crippen LogP contribution < -0.4 is 0 Å². The molecule has 2 atom stereocenters. The lowest BCUT2D eigenvalue weighted by Gasteiger charge is -2.25. The molecular formula is C54H40N2. The molecule has 0 saturated heterocycles. The second kappa shape index (κ2) is 13.2. The van der Waals surface area contributed by atoms with Crippen LogP contribution >= 0.6 is 0 Å². The van der Waals surface area contributed by atoms with E-state index in [-0.39, 0.29) is 6.04 Å². The lowest BCUT2D eigenvalue weighted by atomic mass is 9.83. The van der Waals surface area contributed by atoms with E-state index in [1.165, 1.54) is 76.8 Å². The number of allylic oxidation sites excluding steroid dienone is 5. The molecular weight excluding hydrogens is 677 g/mol. The first-order valence-electron chi connectivity index (χ1n) is 19.9. The maximum absolute atomic E-state index is 5.20. The molecule has 2 aliphatic carbocycles. The van der Waals surface area contributed by atoms with Crippen LogP contribution in [0.3, 0.4) is 0 Å². The molecule has 2 aliphatic rings. The Bertz CT molecular complexity index is 3100. The molecule has 11 rings (SSSR count). The number of rotatable bonds is 5. The summed E-state index contributed by atoms with van der Waals surface area (Å²) in [5, 5.41) is 7.60. The van der Waals surface area contributed by atoms with Crippen LogP contribution in [-0.4, -0.2) is 9.55 Å². The zero-order valence-electron chi connectivity index (χ0n) is 31.4. The van der Waals surface area contributed by atoms with Gasteiger partial charge < -0.3 is 4.57 Å². The Balaban J connectivity index is 1.10. The van der Waals surface area contributed by atoms with Crippen molar-refractivity contribution in [1.29, 1.82) is 0 Å². The zero-order chi connectivity index (χ0) is 37.2. The van der Waals surface area contributed by atoms with Gasteiger partial charge in [-0.05, 0) is 120 Å². The smallest absolute Gasteiger partial charge is 0.141 e. The van der Waals surface area contributed by atoms with Crippen molar-refractivity contribution in [3.05, 3.63) is 193 Å². The average molecular weight is 717 g/mol. The highest BCUT2D eigenvalue weighted by Gasteiger charge is 2.24. The summed E-state index contributed by atoms with van der Waals surface area (Å²) in [5.41, 5.74) is 13.6. The molecule has 1 heterocycles. The molecule has 266 valence electrons. The fourth-order valence-electron chi connectivity index (χ4n) is 9.30. The Morgan fingerprint density at radius 2 is 1.20 bits per heavy atom. The molecule has 0 radical (unpaired) electrons. The SMILES string of the molecule is CC1C=CC=CC1n1c(-c2ccc(-c3ccc4c(-c5ccc6c(c5)CCC=C6)c5ccccc5c(-c5ccc6ccccc6c5)c4c3)cc2)nc2ccccc21. The van der Waals surface area contributed by atoms with Crippen LogP contribution in [-0.2, 0) is 6.42 Å². The molecule has 9 aromatic rings. The van der Waals surface area contributed by atoms with Gasteiger partial charge in [0.1, 0.15) is 5.82 Å². The van der Waals surface area contributed by atoms with E-state index >= 15 is 0 Å². The number of aromatic nitrogens is 2. The first-order valence-corrected chi connectivity index (χ1v) is 19.9. The monoisotopic (exact) mass is 716 g/mol. The highest BCUT2D eigenvalue weighted by molar-refractivity contribution is 6.22. The fraction of sp³-hybridized carbons (Fsp3) is 0.0926. The molecule has 0 N–H and O–H groups in total. The molecule has 0 amide bonds. The van der Waals surface area contributed by atoms with Crippen LogP contribution in [0.2, 0.25) is 0 Å². The van der Waals surface area contributed by atoms with Crippen LogP contribution in [0, 0.1) is 5.92 Å². The number of imidazole rings is 1. The van der Waals surface area contributed by atoms with Gasteiger partial charge in [0, 0.05) is 5.56 Å². The Morgan fingerprint density at radius 3 is 2.05 bits per heavy atom. The van der Waals surface area contributed by atoms with E-state index in [9.17, 15) is 0 Å². The van der Waals surface area contributed by atoms with Gasteiger partial charge in [-0.2, -0.15) is 0 Å². The van der Waals surface area contributed by atoms with E-state index in [0.29, 0.717) is 5.92 Å². The number of benzene rings is 8. The van der Waals surface area contributed by atoms with Crippen molar-refractivity contribution in [1.82, 2.24) is 9.55 Å². The summed E-state index contributed by atoms with van der Waals surface area (Å²) in [5.74, 6) is 1.37. The number of nitrogens with zero attached hydrogens (tertiary/aromatic N) is 2. The van der Waals surface area contributed by atoms with Gasteiger partial charge in [0.05, 0.1) is 17.1 Å². The number of para-hydroxylation sites is 2. The van der Waals surface area contributed by atoms with Gasteiger partial charge in [-0.15, -0.1) is 0 Å². The van der Waals surface area contributed by atoms with Crippen LogP contribution in [0.15, 0.2) is 182 Å². The predicted molar refractivity (Wildman–Crippen MR) is 238 cm³/mol. The summed E-state index contributed by atoms with van der Waals surface area (Å²) < 4.78 is 2.42. The number of hydrogen-bond acceptors (Lipinski definition) is 1. The summed E-state index contributed by atoms with van der Waals surface area (Å²) in [6.45, 7) is 2.29. The number of fused-ring (bicyclic) bond motifs is 5. The fourth-order valence-corrected chi connectivity index (χ4v) is 9.30. The molecule has 0 spiro atoms. The van der Waals surface area contributed by atoms with Crippen LogP contribution in [0.5, 0.6) is 0 Å². The normalized spacial score (nSPS) is 16.3. The van der Waals surface area contributed by atoms with Gasteiger partial charge in [0.25, 0.3) is 0 Å². The molecule has 56 heavy (non-hydrogen) atoms. The first kappa shape index (κ1) is 32.6. The molecule has 0 fully saturated rings. The molecule has 2 heteroatoms. The Morgan fingerprint density at radius 1 is 0.536 bits per heavy atom. The summed E-state index contributed by atoms with van der Waals surface area (Å²) in [6.07, 6.45) is 15.6. The minimum atomic E-state index is 0.201. The summed E-state index contributed by atoms with van der Waals surface area (Å²) >= 11 is 0. The Kier molecular flexibility index (Phi) is 7.70.